The average molecular weight is 293 g/mol. The lowest BCUT2D eigenvalue weighted by atomic mass is 9.76. The molecule has 1 aliphatic heterocycles. The maximum Gasteiger partial charge on any atom is 0.389 e. The number of aliphatic hydroxyl groups is 1. The van der Waals surface area contributed by atoms with E-state index in [0.717, 1.165) is 19.3 Å². The normalized spacial score (nSPS) is 27.7. The van der Waals surface area contributed by atoms with E-state index in [1.807, 2.05) is 0 Å². The fourth-order valence-corrected chi connectivity index (χ4v) is 3.12. The molecule has 2 aliphatic rings. The van der Waals surface area contributed by atoms with Crippen LogP contribution in [0.15, 0.2) is 0 Å². The van der Waals surface area contributed by atoms with Crippen LogP contribution >= 0.6 is 0 Å². The molecule has 0 radical (unpaired) electrons. The van der Waals surface area contributed by atoms with E-state index >= 15 is 0 Å². The molecule has 0 aromatic heterocycles. The molecule has 1 saturated carbocycles. The lowest BCUT2D eigenvalue weighted by molar-refractivity contribution is -0.151. The van der Waals surface area contributed by atoms with Gasteiger partial charge in [0, 0.05) is 24.9 Å². The molecular formula is C14H22F3NO2. The van der Waals surface area contributed by atoms with Crippen molar-refractivity contribution in [1.82, 2.24) is 4.90 Å². The molecule has 1 saturated heterocycles. The third kappa shape index (κ3) is 4.36. The van der Waals surface area contributed by atoms with Crippen molar-refractivity contribution < 1.29 is 23.1 Å². The Morgan fingerprint density at radius 2 is 2.05 bits per heavy atom. The van der Waals surface area contributed by atoms with Gasteiger partial charge in [0.1, 0.15) is 0 Å². The van der Waals surface area contributed by atoms with Crippen LogP contribution in [-0.4, -0.2) is 41.8 Å². The zero-order valence-electron chi connectivity index (χ0n) is 11.6. The molecule has 0 aromatic carbocycles. The number of rotatable bonds is 5. The number of alkyl halides is 3. The molecule has 1 amide bonds. The molecule has 1 N–H and O–H groups in total. The predicted octanol–water partition coefficient (Wildman–Crippen LogP) is 2.73. The fraction of sp³-hybridized carbons (Fsp3) is 0.929. The van der Waals surface area contributed by atoms with Crippen molar-refractivity contribution in [2.24, 2.45) is 11.3 Å². The second-order valence-electron chi connectivity index (χ2n) is 6.34. The molecule has 3 nitrogen and oxygen atoms in total. The molecule has 2 fully saturated rings. The highest BCUT2D eigenvalue weighted by molar-refractivity contribution is 5.76. The van der Waals surface area contributed by atoms with Gasteiger partial charge in [-0.1, -0.05) is 12.8 Å². The largest absolute Gasteiger partial charge is 0.396 e. The highest BCUT2D eigenvalue weighted by Crippen LogP contribution is 2.44. The third-order valence-corrected chi connectivity index (χ3v) is 4.39. The van der Waals surface area contributed by atoms with Gasteiger partial charge in [0.05, 0.1) is 13.0 Å². The van der Waals surface area contributed by atoms with Gasteiger partial charge < -0.3 is 10.0 Å². The van der Waals surface area contributed by atoms with Crippen molar-refractivity contribution in [1.29, 1.82) is 0 Å². The van der Waals surface area contributed by atoms with E-state index in [4.69, 9.17) is 0 Å². The molecule has 0 bridgehead atoms. The standard InChI is InChI=1S/C14H22F3NO2/c15-14(16,17)6-4-12(20)18-7-1-5-13(9-18,10-19)8-11-2-3-11/h11,19H,1-10H2. The van der Waals surface area contributed by atoms with Crippen LogP contribution in [0.2, 0.25) is 0 Å². The Labute approximate surface area is 117 Å². The Hall–Kier alpha value is -0.780. The van der Waals surface area contributed by atoms with E-state index in [1.165, 1.54) is 17.7 Å². The van der Waals surface area contributed by atoms with Gasteiger partial charge in [0.2, 0.25) is 5.91 Å². The first-order valence-corrected chi connectivity index (χ1v) is 7.29. The molecule has 2 rings (SSSR count). The number of nitrogens with zero attached hydrogens (tertiary/aromatic N) is 1. The number of halogens is 3. The Kier molecular flexibility index (Phi) is 4.62. The van der Waals surface area contributed by atoms with Crippen molar-refractivity contribution in [3.63, 3.8) is 0 Å². The van der Waals surface area contributed by atoms with E-state index in [2.05, 4.69) is 0 Å². The predicted molar refractivity (Wildman–Crippen MR) is 68.0 cm³/mol. The number of carbonyl (C=O) groups is 1. The Bertz CT molecular complexity index is 355. The fourth-order valence-electron chi connectivity index (χ4n) is 3.12. The lowest BCUT2D eigenvalue weighted by Gasteiger charge is -2.42. The van der Waals surface area contributed by atoms with Gasteiger partial charge in [0.25, 0.3) is 0 Å². The quantitative estimate of drug-likeness (QED) is 0.846. The van der Waals surface area contributed by atoms with Crippen molar-refractivity contribution in [2.45, 2.75) is 51.1 Å². The monoisotopic (exact) mass is 293 g/mol. The van der Waals surface area contributed by atoms with Crippen molar-refractivity contribution in [3.05, 3.63) is 0 Å². The number of carbonyl (C=O) groups excluding carboxylic acids is 1. The summed E-state index contributed by atoms with van der Waals surface area (Å²) in [6.45, 7) is 0.951. The topological polar surface area (TPSA) is 40.5 Å². The van der Waals surface area contributed by atoms with Gasteiger partial charge in [0.15, 0.2) is 0 Å². The average Bonchev–Trinajstić information content (AvgIpc) is 3.19. The number of hydrogen-bond donors (Lipinski definition) is 1. The van der Waals surface area contributed by atoms with Crippen LogP contribution in [-0.2, 0) is 4.79 Å². The third-order valence-electron chi connectivity index (χ3n) is 4.39. The zero-order valence-corrected chi connectivity index (χ0v) is 11.6. The number of piperidine rings is 1. The maximum absolute atomic E-state index is 12.2. The molecule has 1 heterocycles. The van der Waals surface area contributed by atoms with Gasteiger partial charge in [-0.25, -0.2) is 0 Å². The van der Waals surface area contributed by atoms with Crippen LogP contribution in [0.3, 0.4) is 0 Å². The molecule has 0 aromatic rings. The highest BCUT2D eigenvalue weighted by Gasteiger charge is 2.41. The number of aliphatic hydroxyl groups excluding tert-OH is 1. The second kappa shape index (κ2) is 5.92. The first-order valence-electron chi connectivity index (χ1n) is 7.29. The van der Waals surface area contributed by atoms with Crippen LogP contribution in [0.1, 0.15) is 44.9 Å². The highest BCUT2D eigenvalue weighted by atomic mass is 19.4. The number of hydrogen-bond acceptors (Lipinski definition) is 2. The molecule has 0 spiro atoms. The van der Waals surface area contributed by atoms with Crippen molar-refractivity contribution in [2.75, 3.05) is 19.7 Å². The van der Waals surface area contributed by atoms with Crippen LogP contribution in [0.5, 0.6) is 0 Å². The molecule has 1 atom stereocenters. The molecule has 1 aliphatic carbocycles. The smallest absolute Gasteiger partial charge is 0.389 e. The van der Waals surface area contributed by atoms with Gasteiger partial charge in [-0.15, -0.1) is 0 Å². The molecule has 116 valence electrons. The summed E-state index contributed by atoms with van der Waals surface area (Å²) >= 11 is 0. The van der Waals surface area contributed by atoms with E-state index in [1.54, 1.807) is 0 Å². The summed E-state index contributed by atoms with van der Waals surface area (Å²) in [6.07, 6.45) is -0.951. The molecular weight excluding hydrogens is 271 g/mol. The number of amides is 1. The van der Waals surface area contributed by atoms with Gasteiger partial charge >= 0.3 is 6.18 Å². The minimum absolute atomic E-state index is 0.0204. The van der Waals surface area contributed by atoms with Crippen LogP contribution in [0, 0.1) is 11.3 Å². The van der Waals surface area contributed by atoms with Crippen molar-refractivity contribution >= 4 is 5.91 Å². The minimum Gasteiger partial charge on any atom is -0.396 e. The van der Waals surface area contributed by atoms with Crippen LogP contribution < -0.4 is 0 Å². The lowest BCUT2D eigenvalue weighted by Crippen LogP contribution is -2.48. The Morgan fingerprint density at radius 1 is 1.35 bits per heavy atom. The van der Waals surface area contributed by atoms with Crippen LogP contribution in [0.4, 0.5) is 13.2 Å². The maximum atomic E-state index is 12.2. The van der Waals surface area contributed by atoms with E-state index in [0.29, 0.717) is 19.0 Å². The zero-order chi connectivity index (χ0) is 14.8. The van der Waals surface area contributed by atoms with Gasteiger partial charge in [-0.2, -0.15) is 13.2 Å². The first-order chi connectivity index (χ1) is 9.34. The van der Waals surface area contributed by atoms with Crippen molar-refractivity contribution in [3.8, 4) is 0 Å². The first kappa shape index (κ1) is 15.6. The second-order valence-corrected chi connectivity index (χ2v) is 6.34. The molecule has 6 heteroatoms. The summed E-state index contributed by atoms with van der Waals surface area (Å²) in [6, 6.07) is 0. The Balaban J connectivity index is 1.89. The summed E-state index contributed by atoms with van der Waals surface area (Å²) in [4.78, 5) is 13.4. The summed E-state index contributed by atoms with van der Waals surface area (Å²) in [5, 5.41) is 9.66. The summed E-state index contributed by atoms with van der Waals surface area (Å²) in [7, 11) is 0. The minimum atomic E-state index is -4.28. The van der Waals surface area contributed by atoms with Gasteiger partial charge in [-0.05, 0) is 25.2 Å². The Morgan fingerprint density at radius 3 is 2.60 bits per heavy atom. The van der Waals surface area contributed by atoms with Gasteiger partial charge in [-0.3, -0.25) is 4.79 Å². The van der Waals surface area contributed by atoms with E-state index in [-0.39, 0.29) is 12.0 Å². The molecule has 1 unspecified atom stereocenters. The summed E-state index contributed by atoms with van der Waals surface area (Å²) in [5.41, 5.74) is -0.284. The number of likely N-dealkylation sites (tertiary alicyclic amines) is 1. The molecule has 20 heavy (non-hydrogen) atoms. The van der Waals surface area contributed by atoms with E-state index < -0.39 is 24.9 Å². The summed E-state index contributed by atoms with van der Waals surface area (Å²) < 4.78 is 36.5. The summed E-state index contributed by atoms with van der Waals surface area (Å²) in [5.74, 6) is 0.197. The SMILES string of the molecule is O=C(CCC(F)(F)F)N1CCCC(CO)(CC2CC2)C1. The van der Waals surface area contributed by atoms with E-state index in [9.17, 15) is 23.1 Å². The van der Waals surface area contributed by atoms with Crippen LogP contribution in [0.25, 0.3) is 0 Å².